The fraction of sp³-hybridized carbons (Fsp3) is 0.706. The second-order valence-electron chi connectivity index (χ2n) is 6.01. The van der Waals surface area contributed by atoms with Crippen molar-refractivity contribution in [2.45, 2.75) is 39.2 Å². The van der Waals surface area contributed by atoms with Crippen molar-refractivity contribution in [3.8, 4) is 0 Å². The van der Waals surface area contributed by atoms with E-state index < -0.39 is 0 Å². The van der Waals surface area contributed by atoms with E-state index >= 15 is 0 Å². The van der Waals surface area contributed by atoms with Crippen LogP contribution in [0.5, 0.6) is 0 Å². The molecule has 4 nitrogen and oxygen atoms in total. The third kappa shape index (κ3) is 9.52. The summed E-state index contributed by atoms with van der Waals surface area (Å²) in [6, 6.07) is 4.94. The van der Waals surface area contributed by atoms with E-state index in [2.05, 4.69) is 65.6 Å². The van der Waals surface area contributed by atoms with Gasteiger partial charge in [0, 0.05) is 38.1 Å². The topological polar surface area (TPSA) is 30.9 Å². The fourth-order valence-corrected chi connectivity index (χ4v) is 2.87. The molecule has 0 atom stereocenters. The van der Waals surface area contributed by atoms with Crippen LogP contribution >= 0.6 is 35.3 Å². The smallest absolute Gasteiger partial charge is 0.193 e. The number of nitrogens with zero attached hydrogens (tertiary/aromatic N) is 3. The van der Waals surface area contributed by atoms with Crippen molar-refractivity contribution in [3.63, 3.8) is 0 Å². The Morgan fingerprint density at radius 2 is 2.00 bits per heavy atom. The molecule has 0 fully saturated rings. The Hall–Kier alpha value is -0.340. The standard InChI is InChI=1S/C17H32N4S.HI/c1-15(2)20(4)12-7-6-11-19-17(18-3)21(5)13-10-16-9-8-14-22-16;/h8-9,14-15H,6-7,10-13H2,1-5H3,(H,18,19);1H. The summed E-state index contributed by atoms with van der Waals surface area (Å²) in [5, 5.41) is 5.60. The van der Waals surface area contributed by atoms with Crippen molar-refractivity contribution in [3.05, 3.63) is 22.4 Å². The van der Waals surface area contributed by atoms with Crippen LogP contribution in [0.15, 0.2) is 22.5 Å². The molecule has 0 saturated carbocycles. The Morgan fingerprint density at radius 3 is 2.57 bits per heavy atom. The number of hydrogen-bond acceptors (Lipinski definition) is 3. The normalized spacial score (nSPS) is 11.7. The molecule has 1 heterocycles. The maximum Gasteiger partial charge on any atom is 0.193 e. The highest BCUT2D eigenvalue weighted by Crippen LogP contribution is 2.09. The van der Waals surface area contributed by atoms with Gasteiger partial charge in [0.25, 0.3) is 0 Å². The monoisotopic (exact) mass is 452 g/mol. The average molecular weight is 452 g/mol. The highest BCUT2D eigenvalue weighted by Gasteiger charge is 2.06. The van der Waals surface area contributed by atoms with Gasteiger partial charge in [-0.05, 0) is 58.1 Å². The first-order valence-electron chi connectivity index (χ1n) is 8.19. The molecule has 1 rings (SSSR count). The second kappa shape index (κ2) is 13.0. The lowest BCUT2D eigenvalue weighted by Crippen LogP contribution is -2.40. The van der Waals surface area contributed by atoms with E-state index in [0.717, 1.165) is 32.0 Å². The molecule has 0 saturated heterocycles. The van der Waals surface area contributed by atoms with Crippen LogP contribution in [0.25, 0.3) is 0 Å². The highest BCUT2D eigenvalue weighted by molar-refractivity contribution is 14.0. The summed E-state index contributed by atoms with van der Waals surface area (Å²) in [5.41, 5.74) is 0. The summed E-state index contributed by atoms with van der Waals surface area (Å²) >= 11 is 1.82. The van der Waals surface area contributed by atoms with Crippen LogP contribution in [0.2, 0.25) is 0 Å². The molecule has 1 aromatic rings. The quantitative estimate of drug-likeness (QED) is 0.269. The molecule has 6 heteroatoms. The number of hydrogen-bond donors (Lipinski definition) is 1. The van der Waals surface area contributed by atoms with Gasteiger partial charge in [0.15, 0.2) is 5.96 Å². The van der Waals surface area contributed by atoms with Gasteiger partial charge in [-0.1, -0.05) is 6.07 Å². The molecule has 1 aromatic heterocycles. The molecule has 0 amide bonds. The first-order chi connectivity index (χ1) is 10.5. The number of thiophene rings is 1. The zero-order chi connectivity index (χ0) is 16.4. The van der Waals surface area contributed by atoms with Crippen molar-refractivity contribution in [2.24, 2.45) is 4.99 Å². The summed E-state index contributed by atoms with van der Waals surface area (Å²) < 4.78 is 0. The molecule has 0 radical (unpaired) electrons. The maximum atomic E-state index is 4.37. The second-order valence-corrected chi connectivity index (χ2v) is 7.04. The van der Waals surface area contributed by atoms with Crippen molar-refractivity contribution < 1.29 is 0 Å². The number of likely N-dealkylation sites (N-methyl/N-ethyl adjacent to an activating group) is 1. The van der Waals surface area contributed by atoms with E-state index in [4.69, 9.17) is 0 Å². The van der Waals surface area contributed by atoms with E-state index in [9.17, 15) is 0 Å². The van der Waals surface area contributed by atoms with E-state index in [-0.39, 0.29) is 24.0 Å². The van der Waals surface area contributed by atoms with Crippen molar-refractivity contribution in [1.29, 1.82) is 0 Å². The van der Waals surface area contributed by atoms with E-state index in [1.807, 2.05) is 18.4 Å². The molecule has 0 aliphatic carbocycles. The van der Waals surface area contributed by atoms with Crippen LogP contribution in [0.3, 0.4) is 0 Å². The number of unbranched alkanes of at least 4 members (excludes halogenated alkanes) is 1. The lowest BCUT2D eigenvalue weighted by atomic mass is 10.2. The van der Waals surface area contributed by atoms with Crippen molar-refractivity contribution in [2.75, 3.05) is 40.8 Å². The Kier molecular flexibility index (Phi) is 12.8. The molecular formula is C17H33IN4S. The summed E-state index contributed by atoms with van der Waals surface area (Å²) in [5.74, 6) is 0.994. The third-order valence-corrected chi connectivity index (χ3v) is 4.89. The van der Waals surface area contributed by atoms with Gasteiger partial charge < -0.3 is 15.1 Å². The lowest BCUT2D eigenvalue weighted by molar-refractivity contribution is 0.268. The van der Waals surface area contributed by atoms with Gasteiger partial charge in [0.1, 0.15) is 0 Å². The highest BCUT2D eigenvalue weighted by atomic mass is 127. The molecular weight excluding hydrogens is 419 g/mol. The predicted octanol–water partition coefficient (Wildman–Crippen LogP) is 3.54. The molecule has 0 unspecified atom stereocenters. The van der Waals surface area contributed by atoms with Crippen molar-refractivity contribution >= 4 is 41.3 Å². The van der Waals surface area contributed by atoms with Gasteiger partial charge in [0.05, 0.1) is 0 Å². The summed E-state index contributed by atoms with van der Waals surface area (Å²) in [6.45, 7) is 7.62. The molecule has 0 aliphatic heterocycles. The first-order valence-corrected chi connectivity index (χ1v) is 9.07. The Labute approximate surface area is 163 Å². The Bertz CT molecular complexity index is 420. The van der Waals surface area contributed by atoms with Gasteiger partial charge in [-0.15, -0.1) is 35.3 Å². The van der Waals surface area contributed by atoms with Gasteiger partial charge in [-0.3, -0.25) is 4.99 Å². The van der Waals surface area contributed by atoms with Crippen LogP contribution in [0, 0.1) is 0 Å². The third-order valence-electron chi connectivity index (χ3n) is 3.95. The molecule has 0 aliphatic rings. The molecule has 0 spiro atoms. The maximum absolute atomic E-state index is 4.37. The zero-order valence-corrected chi connectivity index (χ0v) is 18.4. The summed E-state index contributed by atoms with van der Waals surface area (Å²) in [6.07, 6.45) is 3.47. The fourth-order valence-electron chi connectivity index (χ4n) is 2.17. The average Bonchev–Trinajstić information content (AvgIpc) is 3.01. The van der Waals surface area contributed by atoms with Gasteiger partial charge in [0.2, 0.25) is 0 Å². The van der Waals surface area contributed by atoms with Crippen LogP contribution < -0.4 is 5.32 Å². The minimum atomic E-state index is 0. The predicted molar refractivity (Wildman–Crippen MR) is 114 cm³/mol. The van der Waals surface area contributed by atoms with E-state index in [1.54, 1.807) is 0 Å². The first kappa shape index (κ1) is 22.7. The largest absolute Gasteiger partial charge is 0.356 e. The van der Waals surface area contributed by atoms with E-state index in [1.165, 1.54) is 17.7 Å². The number of guanidine groups is 1. The van der Waals surface area contributed by atoms with Gasteiger partial charge in [-0.2, -0.15) is 0 Å². The zero-order valence-electron chi connectivity index (χ0n) is 15.2. The lowest BCUT2D eigenvalue weighted by Gasteiger charge is -2.23. The van der Waals surface area contributed by atoms with Gasteiger partial charge in [-0.25, -0.2) is 0 Å². The molecule has 0 bridgehead atoms. The molecule has 23 heavy (non-hydrogen) atoms. The molecule has 1 N–H and O–H groups in total. The Morgan fingerprint density at radius 1 is 1.26 bits per heavy atom. The number of nitrogens with one attached hydrogen (secondary N) is 1. The van der Waals surface area contributed by atoms with Crippen LogP contribution in [-0.2, 0) is 6.42 Å². The minimum absolute atomic E-state index is 0. The van der Waals surface area contributed by atoms with Gasteiger partial charge >= 0.3 is 0 Å². The van der Waals surface area contributed by atoms with Crippen LogP contribution in [0.1, 0.15) is 31.6 Å². The van der Waals surface area contributed by atoms with Crippen molar-refractivity contribution in [1.82, 2.24) is 15.1 Å². The molecule has 0 aromatic carbocycles. The number of aliphatic imine (C=N–C) groups is 1. The van der Waals surface area contributed by atoms with E-state index in [0.29, 0.717) is 6.04 Å². The number of halogens is 1. The molecule has 134 valence electrons. The minimum Gasteiger partial charge on any atom is -0.356 e. The summed E-state index contributed by atoms with van der Waals surface area (Å²) in [4.78, 5) is 10.4. The van der Waals surface area contributed by atoms with Crippen LogP contribution in [0.4, 0.5) is 0 Å². The SMILES string of the molecule is CN=C(NCCCCN(C)C(C)C)N(C)CCc1cccs1.I. The van der Waals surface area contributed by atoms with Crippen LogP contribution in [-0.4, -0.2) is 62.6 Å². The summed E-state index contributed by atoms with van der Waals surface area (Å²) in [7, 11) is 6.15. The Balaban J connectivity index is 0.00000484. The number of rotatable bonds is 9.